The number of rotatable bonds is 4. The summed E-state index contributed by atoms with van der Waals surface area (Å²) in [7, 11) is 0. The Balaban J connectivity index is 1.71. The van der Waals surface area contributed by atoms with Gasteiger partial charge in [-0.1, -0.05) is 66.2 Å². The summed E-state index contributed by atoms with van der Waals surface area (Å²) in [6.07, 6.45) is 1.60. The zero-order chi connectivity index (χ0) is 18.1. The maximum absolute atomic E-state index is 11.6. The molecular formula is C22H18N2O2. The van der Waals surface area contributed by atoms with E-state index < -0.39 is 5.97 Å². The van der Waals surface area contributed by atoms with E-state index in [-0.39, 0.29) is 5.56 Å². The van der Waals surface area contributed by atoms with Crippen LogP contribution in [0.25, 0.3) is 22.0 Å². The Morgan fingerprint density at radius 2 is 1.73 bits per heavy atom. The molecule has 3 aromatic carbocycles. The van der Waals surface area contributed by atoms with Gasteiger partial charge in [-0.3, -0.25) is 4.68 Å². The fourth-order valence-corrected chi connectivity index (χ4v) is 3.11. The highest BCUT2D eigenvalue weighted by Crippen LogP contribution is 2.23. The zero-order valence-electron chi connectivity index (χ0n) is 14.4. The molecule has 0 spiro atoms. The topological polar surface area (TPSA) is 55.1 Å². The van der Waals surface area contributed by atoms with E-state index in [9.17, 15) is 9.90 Å². The summed E-state index contributed by atoms with van der Waals surface area (Å²) >= 11 is 0. The first-order chi connectivity index (χ1) is 12.6. The molecule has 4 nitrogen and oxygen atoms in total. The summed E-state index contributed by atoms with van der Waals surface area (Å²) in [5.74, 6) is -0.967. The molecule has 26 heavy (non-hydrogen) atoms. The third-order valence-electron chi connectivity index (χ3n) is 4.48. The van der Waals surface area contributed by atoms with Gasteiger partial charge in [0, 0.05) is 11.8 Å². The van der Waals surface area contributed by atoms with Crippen LogP contribution in [0.15, 0.2) is 72.9 Å². The number of hydrogen-bond donors (Lipinski definition) is 1. The first-order valence-electron chi connectivity index (χ1n) is 8.45. The quantitative estimate of drug-likeness (QED) is 0.582. The number of benzene rings is 3. The van der Waals surface area contributed by atoms with Crippen LogP contribution < -0.4 is 0 Å². The average molecular weight is 342 g/mol. The third-order valence-corrected chi connectivity index (χ3v) is 4.48. The zero-order valence-corrected chi connectivity index (χ0v) is 14.4. The first kappa shape index (κ1) is 16.1. The van der Waals surface area contributed by atoms with Crippen molar-refractivity contribution in [3.8, 4) is 11.3 Å². The van der Waals surface area contributed by atoms with Crippen molar-refractivity contribution in [1.29, 1.82) is 0 Å². The van der Waals surface area contributed by atoms with Crippen LogP contribution in [0.5, 0.6) is 0 Å². The summed E-state index contributed by atoms with van der Waals surface area (Å²) in [5.41, 5.74) is 3.73. The second kappa shape index (κ2) is 6.48. The Morgan fingerprint density at radius 1 is 1.00 bits per heavy atom. The molecule has 0 aliphatic rings. The molecule has 1 heterocycles. The number of aromatic nitrogens is 2. The van der Waals surface area contributed by atoms with Gasteiger partial charge in [0.15, 0.2) is 0 Å². The summed E-state index contributed by atoms with van der Waals surface area (Å²) in [4.78, 5) is 11.6. The van der Waals surface area contributed by atoms with Gasteiger partial charge in [-0.2, -0.15) is 5.10 Å². The number of aryl methyl sites for hydroxylation is 1. The smallest absolute Gasteiger partial charge is 0.339 e. The molecule has 1 aromatic heterocycles. The van der Waals surface area contributed by atoms with Crippen LogP contribution in [-0.2, 0) is 6.54 Å². The first-order valence-corrected chi connectivity index (χ1v) is 8.45. The van der Waals surface area contributed by atoms with E-state index in [0.29, 0.717) is 12.2 Å². The monoisotopic (exact) mass is 342 g/mol. The van der Waals surface area contributed by atoms with Gasteiger partial charge in [0.05, 0.1) is 6.54 Å². The van der Waals surface area contributed by atoms with E-state index in [1.807, 2.05) is 43.3 Å². The van der Waals surface area contributed by atoms with E-state index in [1.54, 1.807) is 10.9 Å². The number of aromatic carboxylic acids is 1. The van der Waals surface area contributed by atoms with Gasteiger partial charge in [-0.25, -0.2) is 4.79 Å². The van der Waals surface area contributed by atoms with E-state index in [0.717, 1.165) is 22.1 Å². The van der Waals surface area contributed by atoms with Crippen LogP contribution >= 0.6 is 0 Å². The SMILES string of the molecule is Cc1ccc(-c2nn(Cc3ccc4ccccc4c3)cc2C(=O)O)cc1. The molecule has 0 bridgehead atoms. The van der Waals surface area contributed by atoms with E-state index in [1.165, 1.54) is 5.39 Å². The van der Waals surface area contributed by atoms with Crippen LogP contribution in [0.4, 0.5) is 0 Å². The van der Waals surface area contributed by atoms with Crippen molar-refractivity contribution in [2.75, 3.05) is 0 Å². The Labute approximate surface area is 151 Å². The molecule has 0 fully saturated rings. The highest BCUT2D eigenvalue weighted by atomic mass is 16.4. The molecule has 0 unspecified atom stereocenters. The second-order valence-electron chi connectivity index (χ2n) is 6.44. The third kappa shape index (κ3) is 3.09. The molecule has 4 rings (SSSR count). The van der Waals surface area contributed by atoms with Crippen molar-refractivity contribution in [2.24, 2.45) is 0 Å². The normalized spacial score (nSPS) is 11.0. The summed E-state index contributed by atoms with van der Waals surface area (Å²) in [6.45, 7) is 2.52. The van der Waals surface area contributed by atoms with Crippen LogP contribution in [0.1, 0.15) is 21.5 Å². The van der Waals surface area contributed by atoms with Gasteiger partial charge in [-0.05, 0) is 29.3 Å². The molecular weight excluding hydrogens is 324 g/mol. The van der Waals surface area contributed by atoms with E-state index in [2.05, 4.69) is 35.4 Å². The summed E-state index contributed by atoms with van der Waals surface area (Å²) < 4.78 is 1.70. The summed E-state index contributed by atoms with van der Waals surface area (Å²) in [6, 6.07) is 22.2. The Hall–Kier alpha value is -3.40. The van der Waals surface area contributed by atoms with Gasteiger partial charge < -0.3 is 5.11 Å². The minimum absolute atomic E-state index is 0.217. The lowest BCUT2D eigenvalue weighted by Crippen LogP contribution is -2.00. The molecule has 1 N–H and O–H groups in total. The fraction of sp³-hybridized carbons (Fsp3) is 0.0909. The van der Waals surface area contributed by atoms with Crippen molar-refractivity contribution in [2.45, 2.75) is 13.5 Å². The van der Waals surface area contributed by atoms with Crippen molar-refractivity contribution in [3.63, 3.8) is 0 Å². The lowest BCUT2D eigenvalue weighted by atomic mass is 10.1. The van der Waals surface area contributed by atoms with Gasteiger partial charge in [0.25, 0.3) is 0 Å². The molecule has 4 heteroatoms. The lowest BCUT2D eigenvalue weighted by molar-refractivity contribution is 0.0697. The highest BCUT2D eigenvalue weighted by molar-refractivity contribution is 5.94. The molecule has 0 saturated heterocycles. The van der Waals surface area contributed by atoms with Gasteiger partial charge in [0.1, 0.15) is 11.3 Å². The molecule has 0 atom stereocenters. The molecule has 0 aliphatic carbocycles. The number of carbonyl (C=O) groups is 1. The Bertz CT molecular complexity index is 1090. The number of fused-ring (bicyclic) bond motifs is 1. The van der Waals surface area contributed by atoms with Crippen LogP contribution in [-0.4, -0.2) is 20.9 Å². The summed E-state index contributed by atoms with van der Waals surface area (Å²) in [5, 5.41) is 16.4. The van der Waals surface area contributed by atoms with Crippen LogP contribution in [0.2, 0.25) is 0 Å². The molecule has 4 aromatic rings. The Morgan fingerprint density at radius 3 is 2.46 bits per heavy atom. The maximum Gasteiger partial charge on any atom is 0.339 e. The van der Waals surface area contributed by atoms with Gasteiger partial charge in [0.2, 0.25) is 0 Å². The van der Waals surface area contributed by atoms with Gasteiger partial charge in [-0.15, -0.1) is 0 Å². The largest absolute Gasteiger partial charge is 0.478 e. The molecule has 0 saturated carbocycles. The van der Waals surface area contributed by atoms with Crippen molar-refractivity contribution < 1.29 is 9.90 Å². The predicted molar refractivity (Wildman–Crippen MR) is 102 cm³/mol. The van der Waals surface area contributed by atoms with Crippen LogP contribution in [0.3, 0.4) is 0 Å². The predicted octanol–water partition coefficient (Wildman–Crippen LogP) is 4.76. The minimum atomic E-state index is -0.967. The fourth-order valence-electron chi connectivity index (χ4n) is 3.11. The number of nitrogens with zero attached hydrogens (tertiary/aromatic N) is 2. The second-order valence-corrected chi connectivity index (χ2v) is 6.44. The van der Waals surface area contributed by atoms with E-state index in [4.69, 9.17) is 0 Å². The standard InChI is InChI=1S/C22H18N2O2/c1-15-6-9-18(10-7-15)21-20(22(25)26)14-24(23-21)13-16-8-11-17-4-2-3-5-19(17)12-16/h2-12,14H,13H2,1H3,(H,25,26). The average Bonchev–Trinajstić information content (AvgIpc) is 3.06. The maximum atomic E-state index is 11.6. The molecule has 128 valence electrons. The van der Waals surface area contributed by atoms with Gasteiger partial charge >= 0.3 is 5.97 Å². The number of carboxylic acids is 1. The highest BCUT2D eigenvalue weighted by Gasteiger charge is 2.17. The van der Waals surface area contributed by atoms with Crippen molar-refractivity contribution in [3.05, 3.63) is 89.6 Å². The number of hydrogen-bond acceptors (Lipinski definition) is 2. The van der Waals surface area contributed by atoms with Crippen molar-refractivity contribution in [1.82, 2.24) is 9.78 Å². The lowest BCUT2D eigenvalue weighted by Gasteiger charge is -2.04. The van der Waals surface area contributed by atoms with Crippen molar-refractivity contribution >= 4 is 16.7 Å². The number of carboxylic acid groups (broad SMARTS) is 1. The molecule has 0 amide bonds. The van der Waals surface area contributed by atoms with Crippen LogP contribution in [0, 0.1) is 6.92 Å². The van der Waals surface area contributed by atoms with E-state index >= 15 is 0 Å². The molecule has 0 aliphatic heterocycles. The Kier molecular flexibility index (Phi) is 4.01. The minimum Gasteiger partial charge on any atom is -0.478 e. The molecule has 0 radical (unpaired) electrons.